The zero-order valence-corrected chi connectivity index (χ0v) is 15.0. The van der Waals surface area contributed by atoms with Crippen LogP contribution >= 0.6 is 47.3 Å². The van der Waals surface area contributed by atoms with Gasteiger partial charge in [0.05, 0.1) is 0 Å². The molecule has 19 heavy (non-hydrogen) atoms. The van der Waals surface area contributed by atoms with E-state index in [0.717, 1.165) is 36.7 Å². The molecule has 1 rings (SSSR count). The van der Waals surface area contributed by atoms with E-state index in [-0.39, 0.29) is 24.0 Å². The molecule has 108 valence electrons. The molecule has 0 aliphatic carbocycles. The Bertz CT molecular complexity index is 371. The summed E-state index contributed by atoms with van der Waals surface area (Å²) in [6.07, 6.45) is 2.23. The maximum atomic E-state index is 5.82. The highest BCUT2D eigenvalue weighted by molar-refractivity contribution is 14.0. The Morgan fingerprint density at radius 3 is 2.68 bits per heavy atom. The van der Waals surface area contributed by atoms with Crippen LogP contribution in [-0.4, -0.2) is 24.8 Å². The summed E-state index contributed by atoms with van der Waals surface area (Å²) in [4.78, 5) is 5.44. The predicted molar refractivity (Wildman–Crippen MR) is 97.0 cm³/mol. The highest BCUT2D eigenvalue weighted by Crippen LogP contribution is 2.19. The van der Waals surface area contributed by atoms with Crippen LogP contribution in [0.25, 0.3) is 0 Å². The van der Waals surface area contributed by atoms with E-state index in [1.807, 2.05) is 24.3 Å². The molecule has 0 spiro atoms. The quantitative estimate of drug-likeness (QED) is 0.235. The molecule has 0 bridgehead atoms. The number of hydrogen-bond acceptors (Lipinski definition) is 2. The Labute approximate surface area is 141 Å². The minimum absolute atomic E-state index is 0. The van der Waals surface area contributed by atoms with Crippen LogP contribution in [-0.2, 0) is 0 Å². The maximum absolute atomic E-state index is 5.82. The molecule has 0 saturated heterocycles. The SMILES string of the molecule is CCCCN=C(N)NCCSc1ccc(Cl)cc1.I. The molecular weight excluding hydrogens is 393 g/mol. The second kappa shape index (κ2) is 11.7. The molecule has 0 amide bonds. The minimum atomic E-state index is 0. The Morgan fingerprint density at radius 2 is 2.05 bits per heavy atom. The number of unbranched alkanes of at least 4 members (excludes halogenated alkanes) is 1. The molecule has 1 aromatic rings. The number of halogens is 2. The lowest BCUT2D eigenvalue weighted by Gasteiger charge is -2.05. The van der Waals surface area contributed by atoms with Gasteiger partial charge in [-0.25, -0.2) is 0 Å². The summed E-state index contributed by atoms with van der Waals surface area (Å²) in [5, 5.41) is 3.87. The van der Waals surface area contributed by atoms with E-state index in [2.05, 4.69) is 17.2 Å². The predicted octanol–water partition coefficient (Wildman–Crippen LogP) is 3.75. The van der Waals surface area contributed by atoms with E-state index in [0.29, 0.717) is 5.96 Å². The smallest absolute Gasteiger partial charge is 0.188 e. The number of nitrogens with zero attached hydrogens (tertiary/aromatic N) is 1. The second-order valence-corrected chi connectivity index (χ2v) is 5.45. The summed E-state index contributed by atoms with van der Waals surface area (Å²) in [6, 6.07) is 7.84. The summed E-state index contributed by atoms with van der Waals surface area (Å²) in [6.45, 7) is 3.76. The van der Waals surface area contributed by atoms with Crippen LogP contribution in [0.5, 0.6) is 0 Å². The van der Waals surface area contributed by atoms with E-state index in [1.54, 1.807) is 11.8 Å². The van der Waals surface area contributed by atoms with Crippen molar-refractivity contribution < 1.29 is 0 Å². The first kappa shape index (κ1) is 18.9. The normalized spacial score (nSPS) is 10.9. The van der Waals surface area contributed by atoms with Gasteiger partial charge in [0.15, 0.2) is 5.96 Å². The average molecular weight is 414 g/mol. The number of thioether (sulfide) groups is 1. The lowest BCUT2D eigenvalue weighted by atomic mass is 10.3. The van der Waals surface area contributed by atoms with Gasteiger partial charge >= 0.3 is 0 Å². The van der Waals surface area contributed by atoms with Gasteiger partial charge in [-0.2, -0.15) is 0 Å². The number of hydrogen-bond donors (Lipinski definition) is 2. The van der Waals surface area contributed by atoms with Crippen LogP contribution in [0.4, 0.5) is 0 Å². The third-order valence-corrected chi connectivity index (χ3v) is 3.55. The molecule has 0 aromatic heterocycles. The van der Waals surface area contributed by atoms with E-state index in [1.165, 1.54) is 4.90 Å². The lowest BCUT2D eigenvalue weighted by molar-refractivity contribution is 0.798. The van der Waals surface area contributed by atoms with Crippen LogP contribution in [0.15, 0.2) is 34.2 Å². The highest BCUT2D eigenvalue weighted by atomic mass is 127. The topological polar surface area (TPSA) is 50.4 Å². The van der Waals surface area contributed by atoms with Crippen LogP contribution < -0.4 is 11.1 Å². The van der Waals surface area contributed by atoms with Crippen LogP contribution in [0.1, 0.15) is 19.8 Å². The van der Waals surface area contributed by atoms with Crippen molar-refractivity contribution in [2.45, 2.75) is 24.7 Å². The van der Waals surface area contributed by atoms with E-state index < -0.39 is 0 Å². The Hall–Kier alpha value is -0.140. The Balaban J connectivity index is 0.00000324. The van der Waals surface area contributed by atoms with Gasteiger partial charge in [0.2, 0.25) is 0 Å². The van der Waals surface area contributed by atoms with E-state index >= 15 is 0 Å². The number of guanidine groups is 1. The van der Waals surface area contributed by atoms with Crippen molar-refractivity contribution in [3.63, 3.8) is 0 Å². The maximum Gasteiger partial charge on any atom is 0.188 e. The van der Waals surface area contributed by atoms with Gasteiger partial charge < -0.3 is 11.1 Å². The molecule has 1 aromatic carbocycles. The van der Waals surface area contributed by atoms with Gasteiger partial charge in [0.25, 0.3) is 0 Å². The summed E-state index contributed by atoms with van der Waals surface area (Å²) in [5.41, 5.74) is 5.73. The fourth-order valence-electron chi connectivity index (χ4n) is 1.29. The van der Waals surface area contributed by atoms with Crippen LogP contribution in [0, 0.1) is 0 Å². The number of benzene rings is 1. The van der Waals surface area contributed by atoms with Gasteiger partial charge in [-0.3, -0.25) is 4.99 Å². The molecule has 0 radical (unpaired) electrons. The number of nitrogens with one attached hydrogen (secondary N) is 1. The minimum Gasteiger partial charge on any atom is -0.370 e. The molecular formula is C13H21ClIN3S. The first-order chi connectivity index (χ1) is 8.72. The van der Waals surface area contributed by atoms with Gasteiger partial charge in [0, 0.05) is 28.8 Å². The van der Waals surface area contributed by atoms with Crippen LogP contribution in [0.3, 0.4) is 0 Å². The van der Waals surface area contributed by atoms with E-state index in [4.69, 9.17) is 17.3 Å². The summed E-state index contributed by atoms with van der Waals surface area (Å²) in [7, 11) is 0. The molecule has 6 heteroatoms. The molecule has 0 heterocycles. The van der Waals surface area contributed by atoms with E-state index in [9.17, 15) is 0 Å². The molecule has 0 atom stereocenters. The number of rotatable bonds is 7. The van der Waals surface area contributed by atoms with Crippen LogP contribution in [0.2, 0.25) is 5.02 Å². The molecule has 3 N–H and O–H groups in total. The van der Waals surface area contributed by atoms with Gasteiger partial charge in [-0.15, -0.1) is 35.7 Å². The number of aliphatic imine (C=N–C) groups is 1. The van der Waals surface area contributed by atoms with Gasteiger partial charge in [-0.1, -0.05) is 24.9 Å². The summed E-state index contributed by atoms with van der Waals surface area (Å²) < 4.78 is 0. The highest BCUT2D eigenvalue weighted by Gasteiger charge is 1.95. The molecule has 0 unspecified atom stereocenters. The van der Waals surface area contributed by atoms with Crippen molar-refractivity contribution in [1.82, 2.24) is 5.32 Å². The Kier molecular flexibility index (Phi) is 11.6. The fourth-order valence-corrected chi connectivity index (χ4v) is 2.19. The zero-order chi connectivity index (χ0) is 13.2. The standard InChI is InChI=1S/C13H20ClN3S.HI/c1-2-3-8-16-13(15)17-9-10-18-12-6-4-11(14)5-7-12;/h4-7H,2-3,8-10H2,1H3,(H3,15,16,17);1H. The molecule has 0 aliphatic rings. The van der Waals surface area contributed by atoms with Gasteiger partial charge in [0.1, 0.15) is 0 Å². The molecule has 0 fully saturated rings. The third-order valence-electron chi connectivity index (χ3n) is 2.28. The third kappa shape index (κ3) is 9.40. The Morgan fingerprint density at radius 1 is 1.37 bits per heavy atom. The lowest BCUT2D eigenvalue weighted by Crippen LogP contribution is -2.33. The molecule has 3 nitrogen and oxygen atoms in total. The first-order valence-electron chi connectivity index (χ1n) is 6.14. The average Bonchev–Trinajstić information content (AvgIpc) is 2.37. The summed E-state index contributed by atoms with van der Waals surface area (Å²) >= 11 is 7.59. The molecule has 0 saturated carbocycles. The van der Waals surface area contributed by atoms with Crippen molar-refractivity contribution >= 4 is 53.3 Å². The summed E-state index contributed by atoms with van der Waals surface area (Å²) in [5.74, 6) is 1.49. The van der Waals surface area contributed by atoms with Crippen molar-refractivity contribution in [1.29, 1.82) is 0 Å². The zero-order valence-electron chi connectivity index (χ0n) is 11.1. The second-order valence-electron chi connectivity index (χ2n) is 3.85. The number of nitrogens with two attached hydrogens (primary N) is 1. The van der Waals surface area contributed by atoms with Crippen molar-refractivity contribution in [2.24, 2.45) is 10.7 Å². The molecule has 0 aliphatic heterocycles. The van der Waals surface area contributed by atoms with Crippen molar-refractivity contribution in [2.75, 3.05) is 18.8 Å². The van der Waals surface area contributed by atoms with Gasteiger partial charge in [-0.05, 0) is 30.7 Å². The van der Waals surface area contributed by atoms with Crippen molar-refractivity contribution in [3.05, 3.63) is 29.3 Å². The largest absolute Gasteiger partial charge is 0.370 e. The monoisotopic (exact) mass is 413 g/mol. The first-order valence-corrected chi connectivity index (χ1v) is 7.51. The fraction of sp³-hybridized carbons (Fsp3) is 0.462. The van der Waals surface area contributed by atoms with Crippen molar-refractivity contribution in [3.8, 4) is 0 Å².